The van der Waals surface area contributed by atoms with Crippen molar-refractivity contribution in [3.63, 3.8) is 0 Å². The van der Waals surface area contributed by atoms with Gasteiger partial charge in [0.2, 0.25) is 5.76 Å². The van der Waals surface area contributed by atoms with Crippen LogP contribution in [0.25, 0.3) is 5.57 Å². The van der Waals surface area contributed by atoms with Gasteiger partial charge in [-0.2, -0.15) is 0 Å². The summed E-state index contributed by atoms with van der Waals surface area (Å²) in [7, 11) is 0. The summed E-state index contributed by atoms with van der Waals surface area (Å²) in [6.07, 6.45) is -0.234. The molecule has 1 aliphatic rings. The lowest BCUT2D eigenvalue weighted by Gasteiger charge is -2.21. The lowest BCUT2D eigenvalue weighted by Crippen LogP contribution is -2.22. The predicted octanol–water partition coefficient (Wildman–Crippen LogP) is 3.02. The molecule has 1 aromatic carbocycles. The average molecular weight is 342 g/mol. The van der Waals surface area contributed by atoms with E-state index in [0.29, 0.717) is 11.1 Å². The van der Waals surface area contributed by atoms with Gasteiger partial charge in [-0.3, -0.25) is 0 Å². The molecule has 7 heteroatoms. The third kappa shape index (κ3) is 3.79. The summed E-state index contributed by atoms with van der Waals surface area (Å²) in [4.78, 5) is 12.0. The van der Waals surface area contributed by atoms with E-state index in [2.05, 4.69) is 0 Å². The van der Waals surface area contributed by atoms with Crippen molar-refractivity contribution < 1.29 is 27.4 Å². The number of cyclic esters (lactones) is 1. The zero-order valence-electron chi connectivity index (χ0n) is 13.4. The maximum absolute atomic E-state index is 14.2. The van der Waals surface area contributed by atoms with Crippen LogP contribution < -0.4 is 0 Å². The molecule has 0 saturated carbocycles. The van der Waals surface area contributed by atoms with Crippen LogP contribution in [0.1, 0.15) is 38.8 Å². The van der Waals surface area contributed by atoms with E-state index in [0.717, 1.165) is 0 Å². The van der Waals surface area contributed by atoms with Crippen LogP contribution in [0.2, 0.25) is 0 Å². The Morgan fingerprint density at radius 2 is 2.04 bits per heavy atom. The maximum atomic E-state index is 14.2. The fourth-order valence-electron chi connectivity index (χ4n) is 2.48. The predicted molar refractivity (Wildman–Crippen MR) is 84.2 cm³/mol. The number of ether oxygens (including phenoxy) is 2. The van der Waals surface area contributed by atoms with Crippen molar-refractivity contribution in [1.29, 1.82) is 0 Å². The molecule has 1 N–H and O–H groups in total. The first-order valence-electron chi connectivity index (χ1n) is 7.13. The minimum Gasteiger partial charge on any atom is -0.484 e. The highest BCUT2D eigenvalue weighted by Crippen LogP contribution is 2.40. The maximum Gasteiger partial charge on any atom is 0.374 e. The Labute approximate surface area is 136 Å². The van der Waals surface area contributed by atoms with Gasteiger partial charge in [-0.15, -0.1) is 0 Å². The number of halogens is 1. The van der Waals surface area contributed by atoms with Crippen molar-refractivity contribution in [3.05, 3.63) is 40.9 Å². The molecule has 0 radical (unpaired) electrons. The van der Waals surface area contributed by atoms with Gasteiger partial charge in [0.1, 0.15) is 11.4 Å². The van der Waals surface area contributed by atoms with E-state index in [-0.39, 0.29) is 23.2 Å². The Morgan fingerprint density at radius 1 is 1.39 bits per heavy atom. The molecule has 1 heterocycles. The van der Waals surface area contributed by atoms with Crippen LogP contribution >= 0.6 is 0 Å². The van der Waals surface area contributed by atoms with Crippen LogP contribution in [0, 0.1) is 5.82 Å². The van der Waals surface area contributed by atoms with E-state index in [9.17, 15) is 13.4 Å². The Kier molecular flexibility index (Phi) is 4.91. The Balaban J connectivity index is 2.52. The second kappa shape index (κ2) is 6.41. The highest BCUT2D eigenvalue weighted by Gasteiger charge is 2.43. The van der Waals surface area contributed by atoms with Crippen molar-refractivity contribution in [1.82, 2.24) is 0 Å². The molecule has 0 spiro atoms. The minimum absolute atomic E-state index is 0.0721. The Morgan fingerprint density at radius 3 is 2.57 bits per heavy atom. The fourth-order valence-corrected chi connectivity index (χ4v) is 2.98. The summed E-state index contributed by atoms with van der Waals surface area (Å²) in [5, 5.41) is 0. The molecule has 2 rings (SSSR count). The number of carbonyl (C=O) groups is 1. The van der Waals surface area contributed by atoms with Crippen LogP contribution in [0.3, 0.4) is 0 Å². The van der Waals surface area contributed by atoms with Crippen LogP contribution in [0.15, 0.2) is 24.0 Å². The molecule has 5 nitrogen and oxygen atoms in total. The fraction of sp³-hybridized carbons (Fsp3) is 0.438. The molecule has 1 aliphatic heterocycles. The second-order valence-corrected chi connectivity index (χ2v) is 6.97. The highest BCUT2D eigenvalue weighted by molar-refractivity contribution is 7.78. The highest BCUT2D eigenvalue weighted by atomic mass is 32.2. The third-order valence-corrected chi connectivity index (χ3v) is 3.89. The molecule has 0 aromatic heterocycles. The van der Waals surface area contributed by atoms with Gasteiger partial charge in [0.25, 0.3) is 0 Å². The van der Waals surface area contributed by atoms with Crippen molar-refractivity contribution in [2.24, 2.45) is 0 Å². The molecule has 1 aromatic rings. The number of carbonyl (C=O) groups excluding carboxylic acids is 1. The van der Waals surface area contributed by atoms with E-state index >= 15 is 0 Å². The Hall–Kier alpha value is -1.73. The van der Waals surface area contributed by atoms with Crippen LogP contribution in [-0.4, -0.2) is 26.4 Å². The third-order valence-electron chi connectivity index (χ3n) is 3.34. The van der Waals surface area contributed by atoms with Crippen molar-refractivity contribution in [3.8, 4) is 0 Å². The van der Waals surface area contributed by atoms with Gasteiger partial charge in [0.15, 0.2) is 11.1 Å². The summed E-state index contributed by atoms with van der Waals surface area (Å²) < 4.78 is 44.8. The van der Waals surface area contributed by atoms with E-state index in [4.69, 9.17) is 14.0 Å². The first-order chi connectivity index (χ1) is 10.6. The van der Waals surface area contributed by atoms with Crippen molar-refractivity contribution in [2.45, 2.75) is 45.2 Å². The quantitative estimate of drug-likeness (QED) is 0.658. The molecule has 23 heavy (non-hydrogen) atoms. The SMILES string of the molecule is CC(C)OC1=C(c2ccc(CS(=O)O)c(F)c2)C(C)(C)OC1=O. The van der Waals surface area contributed by atoms with Gasteiger partial charge in [-0.05, 0) is 39.3 Å². The van der Waals surface area contributed by atoms with Gasteiger partial charge in [0, 0.05) is 5.56 Å². The smallest absolute Gasteiger partial charge is 0.374 e. The molecule has 0 amide bonds. The first-order valence-corrected chi connectivity index (χ1v) is 8.40. The zero-order chi connectivity index (χ0) is 17.4. The van der Waals surface area contributed by atoms with Crippen molar-refractivity contribution in [2.75, 3.05) is 0 Å². The number of hydrogen-bond donors (Lipinski definition) is 1. The van der Waals surface area contributed by atoms with Gasteiger partial charge < -0.3 is 14.0 Å². The van der Waals surface area contributed by atoms with Crippen LogP contribution in [0.5, 0.6) is 0 Å². The van der Waals surface area contributed by atoms with Crippen LogP contribution in [-0.2, 0) is 31.1 Å². The summed E-state index contributed by atoms with van der Waals surface area (Å²) in [6.45, 7) is 6.96. The molecule has 1 unspecified atom stereocenters. The van der Waals surface area contributed by atoms with Crippen molar-refractivity contribution >= 4 is 22.6 Å². The summed E-state index contributed by atoms with van der Waals surface area (Å²) in [5.74, 6) is -1.42. The lowest BCUT2D eigenvalue weighted by molar-refractivity contribution is -0.147. The average Bonchev–Trinajstić information content (AvgIpc) is 2.60. The molecule has 0 aliphatic carbocycles. The molecule has 0 bridgehead atoms. The minimum atomic E-state index is -2.13. The summed E-state index contributed by atoms with van der Waals surface area (Å²) in [6, 6.07) is 4.25. The number of hydrogen-bond acceptors (Lipinski definition) is 4. The monoisotopic (exact) mass is 342 g/mol. The molecule has 0 fully saturated rings. The molecule has 126 valence electrons. The number of rotatable bonds is 5. The molecular formula is C16H19FO5S. The van der Waals surface area contributed by atoms with Gasteiger partial charge in [0.05, 0.1) is 17.4 Å². The van der Waals surface area contributed by atoms with Gasteiger partial charge in [-0.1, -0.05) is 12.1 Å². The number of esters is 1. The standard InChI is InChI=1S/C16H19FO5S/c1-9(2)21-14-13(16(3,4)22-15(14)18)10-5-6-11(8-23(19)20)12(17)7-10/h5-7,9H,8H2,1-4H3,(H,19,20). The largest absolute Gasteiger partial charge is 0.484 e. The molecular weight excluding hydrogens is 323 g/mol. The van der Waals surface area contributed by atoms with E-state index in [1.807, 2.05) is 0 Å². The van der Waals surface area contributed by atoms with E-state index < -0.39 is 28.5 Å². The summed E-state index contributed by atoms with van der Waals surface area (Å²) in [5.41, 5.74) is 0.0903. The van der Waals surface area contributed by atoms with Gasteiger partial charge in [-0.25, -0.2) is 13.4 Å². The molecule has 1 atom stereocenters. The lowest BCUT2D eigenvalue weighted by atomic mass is 9.91. The Bertz CT molecular complexity index is 694. The van der Waals surface area contributed by atoms with E-state index in [1.165, 1.54) is 12.1 Å². The number of benzene rings is 1. The summed E-state index contributed by atoms with van der Waals surface area (Å²) >= 11 is -2.13. The van der Waals surface area contributed by atoms with Crippen LogP contribution in [0.4, 0.5) is 4.39 Å². The zero-order valence-corrected chi connectivity index (χ0v) is 14.2. The van der Waals surface area contributed by atoms with Gasteiger partial charge >= 0.3 is 5.97 Å². The first kappa shape index (κ1) is 17.6. The molecule has 0 saturated heterocycles. The topological polar surface area (TPSA) is 72.8 Å². The normalized spacial score (nSPS) is 18.3. The van der Waals surface area contributed by atoms with E-state index in [1.54, 1.807) is 33.8 Å². The second-order valence-electron chi connectivity index (χ2n) is 6.04.